The van der Waals surface area contributed by atoms with Crippen molar-refractivity contribution >= 4 is 55.5 Å². The van der Waals surface area contributed by atoms with Crippen LogP contribution in [-0.2, 0) is 4.79 Å². The third kappa shape index (κ3) is 4.35. The number of carbonyl (C=O) groups is 2. The number of hydrogen-bond donors (Lipinski definition) is 4. The van der Waals surface area contributed by atoms with E-state index in [0.29, 0.717) is 22.8 Å². The van der Waals surface area contributed by atoms with Crippen molar-refractivity contribution in [3.05, 3.63) is 76.5 Å². The SMILES string of the molecule is O=C(Nc1nc2cc(NC(=O)C3CC(c4cccs4)NN3)ccc2s1)c1ccccc1. The van der Waals surface area contributed by atoms with Crippen LogP contribution in [0.4, 0.5) is 10.8 Å². The number of anilines is 2. The Morgan fingerprint density at radius 3 is 2.68 bits per heavy atom. The molecule has 1 aliphatic heterocycles. The van der Waals surface area contributed by atoms with Gasteiger partial charge in [0.15, 0.2) is 5.13 Å². The number of nitrogens with zero attached hydrogens (tertiary/aromatic N) is 1. The summed E-state index contributed by atoms with van der Waals surface area (Å²) in [5.41, 5.74) is 8.24. The molecule has 2 amide bonds. The summed E-state index contributed by atoms with van der Waals surface area (Å²) < 4.78 is 0.930. The summed E-state index contributed by atoms with van der Waals surface area (Å²) >= 11 is 3.07. The van der Waals surface area contributed by atoms with E-state index in [2.05, 4.69) is 32.5 Å². The smallest absolute Gasteiger partial charge is 0.257 e. The van der Waals surface area contributed by atoms with E-state index in [1.807, 2.05) is 47.8 Å². The molecule has 5 rings (SSSR count). The van der Waals surface area contributed by atoms with Crippen LogP contribution in [0.2, 0.25) is 0 Å². The van der Waals surface area contributed by atoms with Crippen LogP contribution in [0.5, 0.6) is 0 Å². The minimum absolute atomic E-state index is 0.0984. The van der Waals surface area contributed by atoms with Crippen LogP contribution in [0.3, 0.4) is 0 Å². The fourth-order valence-electron chi connectivity index (χ4n) is 3.45. The van der Waals surface area contributed by atoms with E-state index in [4.69, 9.17) is 0 Å². The molecule has 0 spiro atoms. The number of hydrazine groups is 1. The molecule has 2 aromatic heterocycles. The van der Waals surface area contributed by atoms with Gasteiger partial charge in [-0.25, -0.2) is 15.8 Å². The zero-order valence-electron chi connectivity index (χ0n) is 16.3. The summed E-state index contributed by atoms with van der Waals surface area (Å²) in [4.78, 5) is 30.7. The molecule has 9 heteroatoms. The van der Waals surface area contributed by atoms with Crippen LogP contribution >= 0.6 is 22.7 Å². The minimum atomic E-state index is -0.320. The molecule has 2 atom stereocenters. The van der Waals surface area contributed by atoms with Gasteiger partial charge in [0.1, 0.15) is 6.04 Å². The van der Waals surface area contributed by atoms with Crippen LogP contribution in [0.15, 0.2) is 66.0 Å². The lowest BCUT2D eigenvalue weighted by Gasteiger charge is -2.10. The largest absolute Gasteiger partial charge is 0.325 e. The zero-order chi connectivity index (χ0) is 21.2. The number of amides is 2. The van der Waals surface area contributed by atoms with Crippen molar-refractivity contribution in [1.82, 2.24) is 15.8 Å². The van der Waals surface area contributed by atoms with Gasteiger partial charge in [-0.1, -0.05) is 35.6 Å². The molecule has 0 saturated carbocycles. The quantitative estimate of drug-likeness (QED) is 0.367. The first kappa shape index (κ1) is 19.8. The number of carbonyl (C=O) groups excluding carboxylic acids is 2. The van der Waals surface area contributed by atoms with Gasteiger partial charge in [0.2, 0.25) is 5.91 Å². The summed E-state index contributed by atoms with van der Waals surface area (Å²) in [6.07, 6.45) is 0.682. The molecule has 2 aromatic carbocycles. The monoisotopic (exact) mass is 449 g/mol. The third-order valence-corrected chi connectivity index (χ3v) is 6.96. The van der Waals surface area contributed by atoms with Crippen LogP contribution in [-0.4, -0.2) is 22.8 Å². The Hall–Kier alpha value is -3.11. The number of thiazole rings is 1. The number of benzene rings is 2. The van der Waals surface area contributed by atoms with Gasteiger partial charge in [0, 0.05) is 16.1 Å². The second-order valence-corrected chi connectivity index (χ2v) is 9.17. The molecule has 156 valence electrons. The molecule has 4 aromatic rings. The van der Waals surface area contributed by atoms with Gasteiger partial charge in [-0.3, -0.25) is 14.9 Å². The number of fused-ring (bicyclic) bond motifs is 1. The van der Waals surface area contributed by atoms with Gasteiger partial charge in [-0.15, -0.1) is 11.3 Å². The van der Waals surface area contributed by atoms with Gasteiger partial charge in [0.05, 0.1) is 16.3 Å². The van der Waals surface area contributed by atoms with Gasteiger partial charge >= 0.3 is 0 Å². The first-order valence-electron chi connectivity index (χ1n) is 9.78. The van der Waals surface area contributed by atoms with Gasteiger partial charge < -0.3 is 5.32 Å². The van der Waals surface area contributed by atoms with Crippen molar-refractivity contribution < 1.29 is 9.59 Å². The lowest BCUT2D eigenvalue weighted by Crippen LogP contribution is -2.39. The molecule has 4 N–H and O–H groups in total. The second-order valence-electron chi connectivity index (χ2n) is 7.16. The topological polar surface area (TPSA) is 95.2 Å². The van der Waals surface area contributed by atoms with E-state index >= 15 is 0 Å². The summed E-state index contributed by atoms with van der Waals surface area (Å²) in [6.45, 7) is 0. The number of nitrogens with one attached hydrogen (secondary N) is 4. The molecule has 1 fully saturated rings. The fourth-order valence-corrected chi connectivity index (χ4v) is 5.08. The van der Waals surface area contributed by atoms with E-state index in [0.717, 1.165) is 10.2 Å². The zero-order valence-corrected chi connectivity index (χ0v) is 17.9. The van der Waals surface area contributed by atoms with Gasteiger partial charge in [-0.05, 0) is 48.2 Å². The molecule has 7 nitrogen and oxygen atoms in total. The van der Waals surface area contributed by atoms with Crippen LogP contribution < -0.4 is 21.5 Å². The van der Waals surface area contributed by atoms with E-state index in [1.54, 1.807) is 23.5 Å². The average molecular weight is 450 g/mol. The molecular formula is C22H19N5O2S2. The standard InChI is InChI=1S/C22H19N5O2S2/c28-20(13-5-2-1-3-6-13)25-22-24-15-11-14(8-9-19(15)31-22)23-21(29)17-12-16(26-27-17)18-7-4-10-30-18/h1-11,16-17,26-27H,12H2,(H,23,29)(H,24,25,28). The van der Waals surface area contributed by atoms with Crippen LogP contribution in [0.25, 0.3) is 10.2 Å². The predicted octanol–water partition coefficient (Wildman–Crippen LogP) is 4.16. The predicted molar refractivity (Wildman–Crippen MR) is 124 cm³/mol. The van der Waals surface area contributed by atoms with E-state index in [9.17, 15) is 9.59 Å². The Bertz CT molecular complexity index is 1220. The Morgan fingerprint density at radius 1 is 1.00 bits per heavy atom. The minimum Gasteiger partial charge on any atom is -0.325 e. The summed E-state index contributed by atoms with van der Waals surface area (Å²) in [7, 11) is 0. The maximum atomic E-state index is 12.7. The molecule has 0 bridgehead atoms. The molecule has 1 aliphatic rings. The maximum absolute atomic E-state index is 12.7. The maximum Gasteiger partial charge on any atom is 0.257 e. The number of aromatic nitrogens is 1. The van der Waals surface area contributed by atoms with Crippen molar-refractivity contribution in [1.29, 1.82) is 0 Å². The Balaban J connectivity index is 1.25. The average Bonchev–Trinajstić information content (AvgIpc) is 3.53. The fraction of sp³-hybridized carbons (Fsp3) is 0.136. The first-order chi connectivity index (χ1) is 15.2. The van der Waals surface area contributed by atoms with Crippen molar-refractivity contribution in [3.8, 4) is 0 Å². The van der Waals surface area contributed by atoms with Crippen molar-refractivity contribution in [3.63, 3.8) is 0 Å². The highest BCUT2D eigenvalue weighted by Crippen LogP contribution is 2.29. The summed E-state index contributed by atoms with van der Waals surface area (Å²) in [5.74, 6) is -0.299. The summed E-state index contributed by atoms with van der Waals surface area (Å²) in [5, 5.41) is 8.34. The highest BCUT2D eigenvalue weighted by Gasteiger charge is 2.30. The van der Waals surface area contributed by atoms with Gasteiger partial charge in [-0.2, -0.15) is 0 Å². The van der Waals surface area contributed by atoms with Crippen molar-refractivity contribution in [2.24, 2.45) is 0 Å². The van der Waals surface area contributed by atoms with Crippen LogP contribution in [0.1, 0.15) is 27.7 Å². The Morgan fingerprint density at radius 2 is 1.87 bits per heavy atom. The van der Waals surface area contributed by atoms with E-state index < -0.39 is 0 Å². The lowest BCUT2D eigenvalue weighted by molar-refractivity contribution is -0.117. The lowest BCUT2D eigenvalue weighted by atomic mass is 10.1. The Kier molecular flexibility index (Phi) is 5.47. The molecule has 2 unspecified atom stereocenters. The van der Waals surface area contributed by atoms with E-state index in [-0.39, 0.29) is 23.9 Å². The number of thiophene rings is 1. The number of hydrogen-bond acceptors (Lipinski definition) is 7. The van der Waals surface area contributed by atoms with Crippen molar-refractivity contribution in [2.45, 2.75) is 18.5 Å². The number of rotatable bonds is 5. The Labute approximate surface area is 186 Å². The van der Waals surface area contributed by atoms with Crippen molar-refractivity contribution in [2.75, 3.05) is 10.6 Å². The first-order valence-corrected chi connectivity index (χ1v) is 11.5. The van der Waals surface area contributed by atoms with E-state index in [1.165, 1.54) is 16.2 Å². The normalized spacial score (nSPS) is 18.2. The highest BCUT2D eigenvalue weighted by molar-refractivity contribution is 7.22. The van der Waals surface area contributed by atoms with Gasteiger partial charge in [0.25, 0.3) is 5.91 Å². The second kappa shape index (κ2) is 8.56. The highest BCUT2D eigenvalue weighted by atomic mass is 32.1. The molecule has 0 aliphatic carbocycles. The molecule has 31 heavy (non-hydrogen) atoms. The summed E-state index contributed by atoms with van der Waals surface area (Å²) in [6, 6.07) is 18.5. The van der Waals surface area contributed by atoms with Crippen LogP contribution in [0, 0.1) is 0 Å². The molecular weight excluding hydrogens is 430 g/mol. The third-order valence-electron chi connectivity index (χ3n) is 5.02. The molecule has 3 heterocycles. The molecule has 1 saturated heterocycles. The molecule has 0 radical (unpaired) electrons.